The van der Waals surface area contributed by atoms with E-state index in [4.69, 9.17) is 0 Å². The van der Waals surface area contributed by atoms with E-state index in [9.17, 15) is 14.7 Å². The molecule has 0 aliphatic carbocycles. The van der Waals surface area contributed by atoms with Gasteiger partial charge in [0.2, 0.25) is 0 Å². The number of aryl methyl sites for hydroxylation is 1. The number of likely N-dealkylation sites (tertiary alicyclic amines) is 1. The maximum Gasteiger partial charge on any atom is 0.263 e. The largest absolute Gasteiger partial charge is 0.396 e. The number of pyridine rings is 1. The van der Waals surface area contributed by atoms with Crippen molar-refractivity contribution in [2.24, 2.45) is 12.5 Å². The molecule has 1 amide bonds. The first-order chi connectivity index (χ1) is 10.0. The predicted octanol–water partition coefficient (Wildman–Crippen LogP) is 1.40. The van der Waals surface area contributed by atoms with Crippen molar-refractivity contribution in [3.8, 4) is 0 Å². The van der Waals surface area contributed by atoms with Crippen LogP contribution < -0.4 is 5.56 Å². The predicted molar refractivity (Wildman–Crippen MR) is 81.2 cm³/mol. The maximum atomic E-state index is 12.6. The summed E-state index contributed by atoms with van der Waals surface area (Å²) in [6.45, 7) is 3.37. The zero-order valence-electron chi connectivity index (χ0n) is 12.8. The van der Waals surface area contributed by atoms with Gasteiger partial charge in [0.05, 0.1) is 6.61 Å². The number of piperidine rings is 1. The van der Waals surface area contributed by atoms with Gasteiger partial charge in [0.1, 0.15) is 5.56 Å². The van der Waals surface area contributed by atoms with Crippen LogP contribution in [0.3, 0.4) is 0 Å². The average Bonchev–Trinajstić information content (AvgIpc) is 2.50. The second kappa shape index (κ2) is 6.43. The Bertz CT molecular complexity index is 563. The topological polar surface area (TPSA) is 62.5 Å². The van der Waals surface area contributed by atoms with Crippen LogP contribution in [-0.4, -0.2) is 40.2 Å². The quantitative estimate of drug-likeness (QED) is 0.912. The summed E-state index contributed by atoms with van der Waals surface area (Å²) in [5.41, 5.74) is -0.258. The molecule has 0 bridgehead atoms. The van der Waals surface area contributed by atoms with Gasteiger partial charge in [-0.1, -0.05) is 13.3 Å². The van der Waals surface area contributed by atoms with Crippen LogP contribution in [0, 0.1) is 5.41 Å². The number of carbonyl (C=O) groups is 1. The number of aliphatic hydroxyl groups is 1. The van der Waals surface area contributed by atoms with Crippen LogP contribution in [0.4, 0.5) is 0 Å². The van der Waals surface area contributed by atoms with Gasteiger partial charge < -0.3 is 14.6 Å². The Kier molecular flexibility index (Phi) is 4.83. The number of aliphatic hydroxyl groups excluding tert-OH is 1. The number of nitrogens with zero attached hydrogens (tertiary/aromatic N) is 2. The molecule has 5 nitrogen and oxygen atoms in total. The summed E-state index contributed by atoms with van der Waals surface area (Å²) < 4.78 is 1.42. The molecule has 0 spiro atoms. The summed E-state index contributed by atoms with van der Waals surface area (Å²) in [6.07, 6.45) is 5.34. The van der Waals surface area contributed by atoms with Crippen molar-refractivity contribution >= 4 is 5.91 Å². The fraction of sp³-hybridized carbons (Fsp3) is 0.625. The van der Waals surface area contributed by atoms with Gasteiger partial charge in [-0.15, -0.1) is 0 Å². The summed E-state index contributed by atoms with van der Waals surface area (Å²) in [5.74, 6) is -0.218. The normalized spacial score (nSPS) is 22.3. The first-order valence-corrected chi connectivity index (χ1v) is 7.59. The van der Waals surface area contributed by atoms with E-state index in [1.807, 2.05) is 0 Å². The Morgan fingerprint density at radius 1 is 1.48 bits per heavy atom. The molecule has 1 N–H and O–H groups in total. The second-order valence-corrected chi connectivity index (χ2v) is 6.08. The van der Waals surface area contributed by atoms with Crippen molar-refractivity contribution in [2.75, 3.05) is 19.7 Å². The molecule has 0 saturated carbocycles. The van der Waals surface area contributed by atoms with Crippen molar-refractivity contribution in [1.82, 2.24) is 9.47 Å². The van der Waals surface area contributed by atoms with Crippen molar-refractivity contribution in [2.45, 2.75) is 32.6 Å². The van der Waals surface area contributed by atoms with E-state index in [0.717, 1.165) is 25.7 Å². The molecule has 1 saturated heterocycles. The highest BCUT2D eigenvalue weighted by Gasteiger charge is 2.36. The highest BCUT2D eigenvalue weighted by atomic mass is 16.3. The first kappa shape index (κ1) is 15.8. The minimum Gasteiger partial charge on any atom is -0.396 e. The van der Waals surface area contributed by atoms with Gasteiger partial charge >= 0.3 is 0 Å². The minimum atomic E-state index is -0.266. The van der Waals surface area contributed by atoms with Gasteiger partial charge in [-0.25, -0.2) is 0 Å². The molecule has 21 heavy (non-hydrogen) atoms. The summed E-state index contributed by atoms with van der Waals surface area (Å²) in [5, 5.41) is 9.74. The van der Waals surface area contributed by atoms with Gasteiger partial charge in [0.25, 0.3) is 11.5 Å². The lowest BCUT2D eigenvalue weighted by Crippen LogP contribution is -2.49. The lowest BCUT2D eigenvalue weighted by atomic mass is 9.77. The fourth-order valence-electron chi connectivity index (χ4n) is 3.25. The summed E-state index contributed by atoms with van der Waals surface area (Å²) in [7, 11) is 1.64. The van der Waals surface area contributed by atoms with E-state index in [2.05, 4.69) is 6.92 Å². The molecule has 1 aromatic rings. The monoisotopic (exact) mass is 292 g/mol. The molecule has 0 unspecified atom stereocenters. The molecule has 2 heterocycles. The van der Waals surface area contributed by atoms with E-state index in [1.165, 1.54) is 4.57 Å². The molecule has 2 rings (SSSR count). The van der Waals surface area contributed by atoms with Gasteiger partial charge in [0.15, 0.2) is 0 Å². The third-order valence-electron chi connectivity index (χ3n) is 4.42. The van der Waals surface area contributed by atoms with Crippen molar-refractivity contribution in [3.05, 3.63) is 34.2 Å². The lowest BCUT2D eigenvalue weighted by molar-refractivity contribution is 0.0221. The molecule has 1 aliphatic rings. The van der Waals surface area contributed by atoms with Crippen LogP contribution >= 0.6 is 0 Å². The third-order valence-corrected chi connectivity index (χ3v) is 4.42. The minimum absolute atomic E-state index is 0.0947. The van der Waals surface area contributed by atoms with Crippen LogP contribution in [0.5, 0.6) is 0 Å². The Morgan fingerprint density at radius 2 is 2.24 bits per heavy atom. The van der Waals surface area contributed by atoms with E-state index in [0.29, 0.717) is 13.1 Å². The average molecular weight is 292 g/mol. The number of amides is 1. The smallest absolute Gasteiger partial charge is 0.263 e. The zero-order chi connectivity index (χ0) is 15.5. The molecule has 1 fully saturated rings. The van der Waals surface area contributed by atoms with Crippen LogP contribution in [-0.2, 0) is 7.05 Å². The number of aromatic nitrogens is 1. The van der Waals surface area contributed by atoms with Crippen molar-refractivity contribution in [1.29, 1.82) is 0 Å². The zero-order valence-corrected chi connectivity index (χ0v) is 12.8. The van der Waals surface area contributed by atoms with Crippen molar-refractivity contribution < 1.29 is 9.90 Å². The number of carbonyl (C=O) groups excluding carboxylic acids is 1. The molecule has 1 aromatic heterocycles. The Hall–Kier alpha value is -1.62. The Balaban J connectivity index is 2.23. The van der Waals surface area contributed by atoms with Gasteiger partial charge in [-0.2, -0.15) is 0 Å². The van der Waals surface area contributed by atoms with Gasteiger partial charge in [-0.05, 0) is 31.4 Å². The molecular formula is C16H24N2O3. The number of rotatable bonds is 4. The van der Waals surface area contributed by atoms with E-state index < -0.39 is 0 Å². The highest BCUT2D eigenvalue weighted by molar-refractivity contribution is 5.93. The van der Waals surface area contributed by atoms with Gasteiger partial charge in [-0.3, -0.25) is 9.59 Å². The van der Waals surface area contributed by atoms with Crippen molar-refractivity contribution in [3.63, 3.8) is 0 Å². The summed E-state index contributed by atoms with van der Waals surface area (Å²) in [4.78, 5) is 26.4. The molecule has 0 radical (unpaired) electrons. The third kappa shape index (κ3) is 3.18. The van der Waals surface area contributed by atoms with Crippen LogP contribution in [0.2, 0.25) is 0 Å². The second-order valence-electron chi connectivity index (χ2n) is 6.08. The standard InChI is InChI=1S/C16H24N2O3/c1-3-7-16(12-19)8-5-10-18(11-16)15(21)13-6-4-9-17(2)14(13)20/h4,6,9,19H,3,5,7-8,10-12H2,1-2H3/t16-/m0/s1. The van der Waals surface area contributed by atoms with E-state index in [-0.39, 0.29) is 29.1 Å². The van der Waals surface area contributed by atoms with Gasteiger partial charge in [0, 0.05) is 31.7 Å². The number of hydrogen-bond donors (Lipinski definition) is 1. The van der Waals surface area contributed by atoms with E-state index in [1.54, 1.807) is 30.3 Å². The molecule has 116 valence electrons. The first-order valence-electron chi connectivity index (χ1n) is 7.59. The van der Waals surface area contributed by atoms with Crippen LogP contribution in [0.25, 0.3) is 0 Å². The summed E-state index contributed by atoms with van der Waals surface area (Å²) in [6, 6.07) is 3.30. The molecule has 0 aromatic carbocycles. The fourth-order valence-corrected chi connectivity index (χ4v) is 3.25. The molecule has 5 heteroatoms. The van der Waals surface area contributed by atoms with E-state index >= 15 is 0 Å². The number of hydrogen-bond acceptors (Lipinski definition) is 3. The molecule has 1 aliphatic heterocycles. The summed E-state index contributed by atoms with van der Waals surface area (Å²) >= 11 is 0. The highest BCUT2D eigenvalue weighted by Crippen LogP contribution is 2.34. The SMILES string of the molecule is CCC[C@]1(CO)CCCN(C(=O)c2cccn(C)c2=O)C1. The van der Waals surface area contributed by atoms with Crippen LogP contribution in [0.1, 0.15) is 43.0 Å². The lowest BCUT2D eigenvalue weighted by Gasteiger charge is -2.41. The maximum absolute atomic E-state index is 12.6. The Labute approximate surface area is 125 Å². The van der Waals surface area contributed by atoms with Crippen LogP contribution in [0.15, 0.2) is 23.1 Å². The Morgan fingerprint density at radius 3 is 2.90 bits per heavy atom. The molecular weight excluding hydrogens is 268 g/mol. The molecule has 1 atom stereocenters.